The molecule has 1 aromatic carbocycles. The summed E-state index contributed by atoms with van der Waals surface area (Å²) in [6.07, 6.45) is 2.63. The highest BCUT2D eigenvalue weighted by Gasteiger charge is 2.28. The van der Waals surface area contributed by atoms with E-state index in [0.717, 1.165) is 30.6 Å². The number of piperidine rings is 1. The Bertz CT molecular complexity index is 560. The van der Waals surface area contributed by atoms with Crippen LogP contribution in [0.15, 0.2) is 23.1 Å². The van der Waals surface area contributed by atoms with Crippen molar-refractivity contribution in [1.82, 2.24) is 4.31 Å². The first kappa shape index (κ1) is 15.3. The number of sulfonamides is 1. The number of ether oxygens (including phenoxy) is 1. The van der Waals surface area contributed by atoms with Gasteiger partial charge >= 0.3 is 0 Å². The van der Waals surface area contributed by atoms with Crippen molar-refractivity contribution in [3.05, 3.63) is 23.8 Å². The molecular formula is C15H23NO3S. The predicted molar refractivity (Wildman–Crippen MR) is 79.5 cm³/mol. The molecule has 0 spiro atoms. The van der Waals surface area contributed by atoms with E-state index < -0.39 is 10.0 Å². The van der Waals surface area contributed by atoms with Gasteiger partial charge in [-0.1, -0.05) is 13.8 Å². The van der Waals surface area contributed by atoms with Gasteiger partial charge in [0.2, 0.25) is 10.0 Å². The lowest BCUT2D eigenvalue weighted by atomic mass is 10.0. The maximum Gasteiger partial charge on any atom is 0.243 e. The van der Waals surface area contributed by atoms with Crippen molar-refractivity contribution in [2.75, 3.05) is 20.2 Å². The SMILES string of the molecule is CCc1cc(S(=O)(=O)N2CCC(C)CC2)ccc1OC. The van der Waals surface area contributed by atoms with Gasteiger partial charge in [-0.3, -0.25) is 0 Å². The van der Waals surface area contributed by atoms with Gasteiger partial charge in [-0.25, -0.2) is 8.42 Å². The average Bonchev–Trinajstić information content (AvgIpc) is 2.46. The van der Waals surface area contributed by atoms with Crippen LogP contribution >= 0.6 is 0 Å². The first-order chi connectivity index (χ1) is 9.48. The molecule has 1 aliphatic rings. The topological polar surface area (TPSA) is 46.6 Å². The smallest absolute Gasteiger partial charge is 0.243 e. The van der Waals surface area contributed by atoms with Crippen LogP contribution in [0.2, 0.25) is 0 Å². The summed E-state index contributed by atoms with van der Waals surface area (Å²) in [5.41, 5.74) is 0.930. The zero-order chi connectivity index (χ0) is 14.8. The molecule has 0 radical (unpaired) electrons. The summed E-state index contributed by atoms with van der Waals surface area (Å²) in [4.78, 5) is 0.379. The number of nitrogens with zero attached hydrogens (tertiary/aromatic N) is 1. The van der Waals surface area contributed by atoms with Crippen LogP contribution in [-0.2, 0) is 16.4 Å². The Labute approximate surface area is 121 Å². The molecule has 1 heterocycles. The summed E-state index contributed by atoms with van der Waals surface area (Å²) in [6, 6.07) is 5.13. The van der Waals surface area contributed by atoms with Gasteiger partial charge in [0.15, 0.2) is 0 Å². The number of hydrogen-bond acceptors (Lipinski definition) is 3. The number of methoxy groups -OCH3 is 1. The van der Waals surface area contributed by atoms with Gasteiger partial charge in [0.05, 0.1) is 12.0 Å². The molecule has 0 saturated carbocycles. The summed E-state index contributed by atoms with van der Waals surface area (Å²) < 4.78 is 32.2. The first-order valence-corrected chi connectivity index (χ1v) is 8.60. The molecule has 20 heavy (non-hydrogen) atoms. The van der Waals surface area contributed by atoms with Crippen molar-refractivity contribution >= 4 is 10.0 Å². The quantitative estimate of drug-likeness (QED) is 0.858. The van der Waals surface area contributed by atoms with Crippen molar-refractivity contribution in [1.29, 1.82) is 0 Å². The Kier molecular flexibility index (Phi) is 4.70. The number of rotatable bonds is 4. The van der Waals surface area contributed by atoms with Crippen LogP contribution in [0, 0.1) is 5.92 Å². The van der Waals surface area contributed by atoms with Crippen LogP contribution in [0.5, 0.6) is 5.75 Å². The average molecular weight is 297 g/mol. The third kappa shape index (κ3) is 2.99. The molecule has 0 unspecified atom stereocenters. The first-order valence-electron chi connectivity index (χ1n) is 7.16. The van der Waals surface area contributed by atoms with Gasteiger partial charge in [0.1, 0.15) is 5.75 Å². The Morgan fingerprint density at radius 1 is 1.30 bits per heavy atom. The molecule has 0 N–H and O–H groups in total. The fourth-order valence-electron chi connectivity index (χ4n) is 2.57. The maximum absolute atomic E-state index is 12.6. The Morgan fingerprint density at radius 2 is 1.95 bits per heavy atom. The van der Waals surface area contributed by atoms with Gasteiger partial charge < -0.3 is 4.74 Å². The third-order valence-corrected chi connectivity index (χ3v) is 5.91. The normalized spacial score (nSPS) is 18.1. The highest BCUT2D eigenvalue weighted by Crippen LogP contribution is 2.27. The maximum atomic E-state index is 12.6. The van der Waals surface area contributed by atoms with E-state index in [4.69, 9.17) is 4.74 Å². The van der Waals surface area contributed by atoms with Gasteiger partial charge in [-0.05, 0) is 48.9 Å². The molecule has 0 aliphatic carbocycles. The number of hydrogen-bond donors (Lipinski definition) is 0. The lowest BCUT2D eigenvalue weighted by molar-refractivity contribution is 0.288. The Hall–Kier alpha value is -1.07. The molecule has 0 amide bonds. The zero-order valence-corrected chi connectivity index (χ0v) is 13.2. The van der Waals surface area contributed by atoms with E-state index in [-0.39, 0.29) is 0 Å². The van der Waals surface area contributed by atoms with Crippen molar-refractivity contribution in [3.63, 3.8) is 0 Å². The summed E-state index contributed by atoms with van der Waals surface area (Å²) in [5.74, 6) is 1.36. The van der Waals surface area contributed by atoms with Crippen LogP contribution < -0.4 is 4.74 Å². The van der Waals surface area contributed by atoms with Crippen LogP contribution in [-0.4, -0.2) is 32.9 Å². The standard InChI is InChI=1S/C15H23NO3S/c1-4-13-11-14(5-6-15(13)19-3)20(17,18)16-9-7-12(2)8-10-16/h5-6,11-12H,4,7-10H2,1-3H3. The van der Waals surface area contributed by atoms with Crippen molar-refractivity contribution in [2.24, 2.45) is 5.92 Å². The lowest BCUT2D eigenvalue weighted by Crippen LogP contribution is -2.37. The molecule has 5 heteroatoms. The summed E-state index contributed by atoms with van der Waals surface area (Å²) in [5, 5.41) is 0. The van der Waals surface area contributed by atoms with Crippen molar-refractivity contribution in [2.45, 2.75) is 38.0 Å². The molecule has 112 valence electrons. The second kappa shape index (κ2) is 6.14. The van der Waals surface area contributed by atoms with Gasteiger partial charge in [0.25, 0.3) is 0 Å². The summed E-state index contributed by atoms with van der Waals surface area (Å²) >= 11 is 0. The second-order valence-electron chi connectivity index (χ2n) is 5.41. The predicted octanol–water partition coefficient (Wildman–Crippen LogP) is 2.68. The molecule has 1 aliphatic heterocycles. The fourth-order valence-corrected chi connectivity index (χ4v) is 4.09. The number of aryl methyl sites for hydroxylation is 1. The molecule has 1 fully saturated rings. The van der Waals surface area contributed by atoms with Crippen LogP contribution in [0.25, 0.3) is 0 Å². The van der Waals surface area contributed by atoms with E-state index in [1.54, 1.807) is 29.6 Å². The molecule has 0 bridgehead atoms. The van der Waals surface area contributed by atoms with Gasteiger partial charge in [0, 0.05) is 13.1 Å². The van der Waals surface area contributed by atoms with Crippen molar-refractivity contribution < 1.29 is 13.2 Å². The van der Waals surface area contributed by atoms with E-state index in [1.807, 2.05) is 6.92 Å². The van der Waals surface area contributed by atoms with Crippen LogP contribution in [0.3, 0.4) is 0 Å². The van der Waals surface area contributed by atoms with Crippen LogP contribution in [0.4, 0.5) is 0 Å². The summed E-state index contributed by atoms with van der Waals surface area (Å²) in [6.45, 7) is 5.41. The van der Waals surface area contributed by atoms with E-state index in [2.05, 4.69) is 6.92 Å². The van der Waals surface area contributed by atoms with Gasteiger partial charge in [-0.2, -0.15) is 4.31 Å². The van der Waals surface area contributed by atoms with E-state index in [9.17, 15) is 8.42 Å². The van der Waals surface area contributed by atoms with Crippen LogP contribution in [0.1, 0.15) is 32.3 Å². The van der Waals surface area contributed by atoms with E-state index >= 15 is 0 Å². The molecule has 1 saturated heterocycles. The Balaban J connectivity index is 2.30. The molecule has 0 aromatic heterocycles. The minimum absolute atomic E-state index is 0.379. The highest BCUT2D eigenvalue weighted by atomic mass is 32.2. The minimum atomic E-state index is -3.37. The monoisotopic (exact) mass is 297 g/mol. The van der Waals surface area contributed by atoms with Crippen molar-refractivity contribution in [3.8, 4) is 5.75 Å². The lowest BCUT2D eigenvalue weighted by Gasteiger charge is -2.29. The summed E-state index contributed by atoms with van der Waals surface area (Å²) in [7, 11) is -1.76. The van der Waals surface area contributed by atoms with Gasteiger partial charge in [-0.15, -0.1) is 0 Å². The molecule has 2 rings (SSSR count). The molecular weight excluding hydrogens is 274 g/mol. The molecule has 4 nitrogen and oxygen atoms in total. The molecule has 1 aromatic rings. The Morgan fingerprint density at radius 3 is 2.50 bits per heavy atom. The fraction of sp³-hybridized carbons (Fsp3) is 0.600. The third-order valence-electron chi connectivity index (χ3n) is 4.01. The number of benzene rings is 1. The highest BCUT2D eigenvalue weighted by molar-refractivity contribution is 7.89. The molecule has 0 atom stereocenters. The van der Waals surface area contributed by atoms with E-state index in [1.165, 1.54) is 0 Å². The van der Waals surface area contributed by atoms with E-state index in [0.29, 0.717) is 23.9 Å². The zero-order valence-electron chi connectivity index (χ0n) is 12.4. The second-order valence-corrected chi connectivity index (χ2v) is 7.35. The minimum Gasteiger partial charge on any atom is -0.496 e. The largest absolute Gasteiger partial charge is 0.496 e.